The van der Waals surface area contributed by atoms with Crippen molar-refractivity contribution in [1.82, 2.24) is 10.6 Å². The van der Waals surface area contributed by atoms with Crippen LogP contribution in [0.5, 0.6) is 0 Å². The van der Waals surface area contributed by atoms with Gasteiger partial charge in [0.2, 0.25) is 0 Å². The van der Waals surface area contributed by atoms with Gasteiger partial charge in [0.1, 0.15) is 11.5 Å². The van der Waals surface area contributed by atoms with Crippen molar-refractivity contribution in [3.63, 3.8) is 0 Å². The lowest BCUT2D eigenvalue weighted by Gasteiger charge is -2.34. The Morgan fingerprint density at radius 1 is 0.742 bits per heavy atom. The third kappa shape index (κ3) is 5.63. The Labute approximate surface area is 183 Å². The highest BCUT2D eigenvalue weighted by atomic mass is 16.3. The SMILES string of the molecule is Cc1ccc([C@H](NC(=O)c2ccccc2)[C@H](C)[C@@H](NC(=O)c2ccccc2)C(C)C)o1. The van der Waals surface area contributed by atoms with Crippen molar-refractivity contribution in [1.29, 1.82) is 0 Å². The van der Waals surface area contributed by atoms with E-state index in [0.717, 1.165) is 5.76 Å². The summed E-state index contributed by atoms with van der Waals surface area (Å²) in [6, 6.07) is 21.5. The summed E-state index contributed by atoms with van der Waals surface area (Å²) >= 11 is 0. The van der Waals surface area contributed by atoms with Crippen molar-refractivity contribution in [3.05, 3.63) is 95.4 Å². The topological polar surface area (TPSA) is 71.3 Å². The summed E-state index contributed by atoms with van der Waals surface area (Å²) in [6.45, 7) is 8.04. The molecule has 0 saturated carbocycles. The normalized spacial score (nSPS) is 14.0. The van der Waals surface area contributed by atoms with E-state index < -0.39 is 6.04 Å². The number of nitrogens with one attached hydrogen (secondary N) is 2. The van der Waals surface area contributed by atoms with Crippen LogP contribution in [0.4, 0.5) is 0 Å². The van der Waals surface area contributed by atoms with Crippen LogP contribution < -0.4 is 10.6 Å². The lowest BCUT2D eigenvalue weighted by atomic mass is 9.84. The number of carbonyl (C=O) groups excluding carboxylic acids is 2. The Morgan fingerprint density at radius 2 is 1.26 bits per heavy atom. The van der Waals surface area contributed by atoms with Crippen molar-refractivity contribution in [3.8, 4) is 0 Å². The predicted octanol–water partition coefficient (Wildman–Crippen LogP) is 5.15. The van der Waals surface area contributed by atoms with E-state index >= 15 is 0 Å². The van der Waals surface area contributed by atoms with Gasteiger partial charge >= 0.3 is 0 Å². The molecular formula is C26H30N2O3. The van der Waals surface area contributed by atoms with Crippen molar-refractivity contribution in [2.75, 3.05) is 0 Å². The van der Waals surface area contributed by atoms with Crippen LogP contribution in [0.2, 0.25) is 0 Å². The molecule has 5 nitrogen and oxygen atoms in total. The van der Waals surface area contributed by atoms with E-state index in [-0.39, 0.29) is 29.7 Å². The average Bonchev–Trinajstić information content (AvgIpc) is 3.21. The van der Waals surface area contributed by atoms with Gasteiger partial charge in [-0.05, 0) is 49.2 Å². The molecule has 0 bridgehead atoms. The number of carbonyl (C=O) groups is 2. The van der Waals surface area contributed by atoms with E-state index in [0.29, 0.717) is 16.9 Å². The maximum absolute atomic E-state index is 12.9. The van der Waals surface area contributed by atoms with Gasteiger partial charge in [0.25, 0.3) is 11.8 Å². The van der Waals surface area contributed by atoms with E-state index in [2.05, 4.69) is 24.5 Å². The Kier molecular flexibility index (Phi) is 7.29. The molecule has 0 aliphatic carbocycles. The highest BCUT2D eigenvalue weighted by Crippen LogP contribution is 2.30. The molecule has 0 aliphatic heterocycles. The van der Waals surface area contributed by atoms with E-state index in [9.17, 15) is 9.59 Å². The summed E-state index contributed by atoms with van der Waals surface area (Å²) in [7, 11) is 0. The first-order valence-corrected chi connectivity index (χ1v) is 10.6. The Balaban J connectivity index is 1.86. The molecule has 2 N–H and O–H groups in total. The Bertz CT molecular complexity index is 996. The molecule has 1 heterocycles. The van der Waals surface area contributed by atoms with Crippen LogP contribution in [0.25, 0.3) is 0 Å². The molecule has 3 rings (SSSR count). The molecule has 162 valence electrons. The number of benzene rings is 2. The summed E-state index contributed by atoms with van der Waals surface area (Å²) in [6.07, 6.45) is 0. The molecule has 0 fully saturated rings. The zero-order valence-corrected chi connectivity index (χ0v) is 18.5. The van der Waals surface area contributed by atoms with Crippen molar-refractivity contribution >= 4 is 11.8 Å². The van der Waals surface area contributed by atoms with Gasteiger partial charge < -0.3 is 15.1 Å². The molecule has 0 unspecified atom stereocenters. The highest BCUT2D eigenvalue weighted by molar-refractivity contribution is 5.95. The molecule has 3 atom stereocenters. The lowest BCUT2D eigenvalue weighted by Crippen LogP contribution is -2.48. The smallest absolute Gasteiger partial charge is 0.251 e. The molecule has 31 heavy (non-hydrogen) atoms. The minimum absolute atomic E-state index is 0.120. The van der Waals surface area contributed by atoms with Crippen LogP contribution in [-0.4, -0.2) is 17.9 Å². The molecule has 0 radical (unpaired) electrons. The number of furan rings is 1. The van der Waals surface area contributed by atoms with Crippen molar-refractivity contribution in [2.45, 2.75) is 39.8 Å². The second-order valence-electron chi connectivity index (χ2n) is 8.23. The number of rotatable bonds is 8. The van der Waals surface area contributed by atoms with Gasteiger partial charge in [-0.1, -0.05) is 57.2 Å². The summed E-state index contributed by atoms with van der Waals surface area (Å²) in [5.74, 6) is 1.17. The zero-order chi connectivity index (χ0) is 22.4. The standard InChI is InChI=1S/C26H30N2O3/c1-17(2)23(27-25(29)20-11-7-5-8-12-20)19(4)24(22-16-15-18(3)31-22)28-26(30)21-13-9-6-10-14-21/h5-17,19,23-24H,1-4H3,(H,27,29)(H,28,30)/t19-,23+,24-/m1/s1. The van der Waals surface area contributed by atoms with Crippen LogP contribution in [0.3, 0.4) is 0 Å². The summed E-state index contributed by atoms with van der Waals surface area (Å²) < 4.78 is 5.90. The van der Waals surface area contributed by atoms with Crippen LogP contribution >= 0.6 is 0 Å². The van der Waals surface area contributed by atoms with Gasteiger partial charge in [0.15, 0.2) is 0 Å². The van der Waals surface area contributed by atoms with Gasteiger partial charge in [0, 0.05) is 23.1 Å². The number of aryl methyl sites for hydroxylation is 1. The lowest BCUT2D eigenvalue weighted by molar-refractivity contribution is 0.0860. The van der Waals surface area contributed by atoms with Gasteiger partial charge in [-0.3, -0.25) is 9.59 Å². The Morgan fingerprint density at radius 3 is 1.71 bits per heavy atom. The number of hydrogen-bond donors (Lipinski definition) is 2. The van der Waals surface area contributed by atoms with Gasteiger partial charge in [0.05, 0.1) is 6.04 Å². The first kappa shape index (κ1) is 22.3. The van der Waals surface area contributed by atoms with Crippen LogP contribution in [-0.2, 0) is 0 Å². The highest BCUT2D eigenvalue weighted by Gasteiger charge is 2.33. The van der Waals surface area contributed by atoms with Crippen molar-refractivity contribution in [2.24, 2.45) is 11.8 Å². The molecule has 0 spiro atoms. The quantitative estimate of drug-likeness (QED) is 0.531. The van der Waals surface area contributed by atoms with E-state index in [4.69, 9.17) is 4.42 Å². The minimum Gasteiger partial charge on any atom is -0.464 e. The molecule has 0 aliphatic rings. The molecule has 2 aromatic carbocycles. The third-order valence-electron chi connectivity index (χ3n) is 5.53. The number of hydrogen-bond acceptors (Lipinski definition) is 3. The average molecular weight is 419 g/mol. The van der Waals surface area contributed by atoms with Crippen LogP contribution in [0, 0.1) is 18.8 Å². The minimum atomic E-state index is -0.398. The maximum atomic E-state index is 12.9. The zero-order valence-electron chi connectivity index (χ0n) is 18.5. The fourth-order valence-corrected chi connectivity index (χ4v) is 3.83. The van der Waals surface area contributed by atoms with Gasteiger partial charge in [-0.2, -0.15) is 0 Å². The summed E-state index contributed by atoms with van der Waals surface area (Å²) in [4.78, 5) is 25.8. The summed E-state index contributed by atoms with van der Waals surface area (Å²) in [5, 5.41) is 6.30. The second-order valence-corrected chi connectivity index (χ2v) is 8.23. The van der Waals surface area contributed by atoms with Crippen LogP contribution in [0.15, 0.2) is 77.2 Å². The first-order chi connectivity index (χ1) is 14.9. The van der Waals surface area contributed by atoms with Gasteiger partial charge in [-0.25, -0.2) is 0 Å². The fourth-order valence-electron chi connectivity index (χ4n) is 3.83. The van der Waals surface area contributed by atoms with Crippen molar-refractivity contribution < 1.29 is 14.0 Å². The van der Waals surface area contributed by atoms with E-state index in [1.807, 2.05) is 62.4 Å². The predicted molar refractivity (Wildman–Crippen MR) is 122 cm³/mol. The maximum Gasteiger partial charge on any atom is 0.251 e. The molecule has 0 saturated heterocycles. The molecule has 2 amide bonds. The molecule has 5 heteroatoms. The summed E-state index contributed by atoms with van der Waals surface area (Å²) in [5.41, 5.74) is 1.19. The van der Waals surface area contributed by atoms with E-state index in [1.165, 1.54) is 0 Å². The largest absolute Gasteiger partial charge is 0.464 e. The van der Waals surface area contributed by atoms with E-state index in [1.54, 1.807) is 24.3 Å². The molecular weight excluding hydrogens is 388 g/mol. The first-order valence-electron chi connectivity index (χ1n) is 10.6. The fraction of sp³-hybridized carbons (Fsp3) is 0.308. The third-order valence-corrected chi connectivity index (χ3v) is 5.53. The second kappa shape index (κ2) is 10.1. The molecule has 3 aromatic rings. The van der Waals surface area contributed by atoms with Crippen LogP contribution in [0.1, 0.15) is 59.0 Å². The Hall–Kier alpha value is -3.34. The molecule has 1 aromatic heterocycles. The number of amides is 2. The monoisotopic (exact) mass is 418 g/mol. The van der Waals surface area contributed by atoms with Gasteiger partial charge in [-0.15, -0.1) is 0 Å².